The second kappa shape index (κ2) is 6.74. The number of benzene rings is 1. The predicted molar refractivity (Wildman–Crippen MR) is 81.2 cm³/mol. The molecule has 0 aromatic heterocycles. The van der Waals surface area contributed by atoms with Gasteiger partial charge in [-0.05, 0) is 36.3 Å². The molecule has 1 N–H and O–H groups in total. The molecule has 1 aromatic carbocycles. The minimum absolute atomic E-state index is 0.0247. The number of amides is 1. The predicted octanol–water partition coefficient (Wildman–Crippen LogP) is 2.82. The first-order valence-electron chi connectivity index (χ1n) is 7.56. The average Bonchev–Trinajstić information content (AvgIpc) is 2.41. The Hall–Kier alpha value is -1.84. The van der Waals surface area contributed by atoms with Crippen LogP contribution in [0.4, 0.5) is 0 Å². The molecule has 0 spiro atoms. The van der Waals surface area contributed by atoms with Crippen molar-refractivity contribution in [2.45, 2.75) is 33.1 Å². The van der Waals surface area contributed by atoms with Crippen LogP contribution < -0.4 is 0 Å². The lowest BCUT2D eigenvalue weighted by Gasteiger charge is -2.32. The molecule has 2 rings (SSSR count). The Morgan fingerprint density at radius 1 is 1.33 bits per heavy atom. The molecule has 0 saturated carbocycles. The van der Waals surface area contributed by atoms with Crippen molar-refractivity contribution in [2.75, 3.05) is 13.1 Å². The van der Waals surface area contributed by atoms with E-state index in [4.69, 9.17) is 5.11 Å². The van der Waals surface area contributed by atoms with Gasteiger partial charge in [0.05, 0.1) is 0 Å². The van der Waals surface area contributed by atoms with Crippen LogP contribution in [0.2, 0.25) is 0 Å². The van der Waals surface area contributed by atoms with Crippen LogP contribution in [0, 0.1) is 11.8 Å². The van der Waals surface area contributed by atoms with E-state index in [1.54, 1.807) is 0 Å². The number of nitrogens with zero attached hydrogens (tertiary/aromatic N) is 1. The highest BCUT2D eigenvalue weighted by Crippen LogP contribution is 2.23. The van der Waals surface area contributed by atoms with E-state index < -0.39 is 5.97 Å². The lowest BCUT2D eigenvalue weighted by Crippen LogP contribution is -2.41. The third kappa shape index (κ3) is 4.06. The monoisotopic (exact) mass is 289 g/mol. The van der Waals surface area contributed by atoms with Crippen LogP contribution >= 0.6 is 0 Å². The first-order chi connectivity index (χ1) is 9.97. The van der Waals surface area contributed by atoms with Crippen LogP contribution in [0.5, 0.6) is 0 Å². The van der Waals surface area contributed by atoms with E-state index in [0.717, 1.165) is 24.0 Å². The molecule has 114 valence electrons. The smallest absolute Gasteiger partial charge is 0.303 e. The normalized spacial score (nSPS) is 16.0. The highest BCUT2D eigenvalue weighted by atomic mass is 16.4. The fourth-order valence-corrected chi connectivity index (χ4v) is 3.10. The zero-order valence-electron chi connectivity index (χ0n) is 12.7. The van der Waals surface area contributed by atoms with Crippen molar-refractivity contribution in [2.24, 2.45) is 11.8 Å². The SMILES string of the molecule is CC(C)CC(CC(=O)O)CN1CCc2ccccc2C1=O. The van der Waals surface area contributed by atoms with Gasteiger partial charge in [0, 0.05) is 25.1 Å². The zero-order chi connectivity index (χ0) is 15.4. The molecular weight excluding hydrogens is 266 g/mol. The Kier molecular flexibility index (Phi) is 4.99. The standard InChI is InChI=1S/C17H23NO3/c1-12(2)9-13(10-16(19)20)11-18-8-7-14-5-3-4-6-15(14)17(18)21/h3-6,12-13H,7-11H2,1-2H3,(H,19,20). The van der Waals surface area contributed by atoms with Crippen LogP contribution in [0.3, 0.4) is 0 Å². The fourth-order valence-electron chi connectivity index (χ4n) is 3.10. The van der Waals surface area contributed by atoms with Crippen LogP contribution in [-0.4, -0.2) is 35.0 Å². The molecular formula is C17H23NO3. The van der Waals surface area contributed by atoms with Gasteiger partial charge in [-0.25, -0.2) is 0 Å². The molecule has 1 atom stereocenters. The molecule has 0 fully saturated rings. The number of aliphatic carboxylic acids is 1. The Labute approximate surface area is 125 Å². The average molecular weight is 289 g/mol. The summed E-state index contributed by atoms with van der Waals surface area (Å²) in [6, 6.07) is 7.68. The summed E-state index contributed by atoms with van der Waals surface area (Å²) in [5.74, 6) is -0.292. The number of carboxylic acids is 1. The van der Waals surface area contributed by atoms with Crippen molar-refractivity contribution in [3.05, 3.63) is 35.4 Å². The number of carboxylic acid groups (broad SMARTS) is 1. The van der Waals surface area contributed by atoms with Gasteiger partial charge in [0.1, 0.15) is 0 Å². The summed E-state index contributed by atoms with van der Waals surface area (Å²) in [6.45, 7) is 5.39. The first kappa shape index (κ1) is 15.5. The number of carbonyl (C=O) groups is 2. The number of carbonyl (C=O) groups excluding carboxylic acids is 1. The van der Waals surface area contributed by atoms with E-state index in [2.05, 4.69) is 13.8 Å². The maximum atomic E-state index is 12.5. The molecule has 0 saturated heterocycles. The number of rotatable bonds is 6. The van der Waals surface area contributed by atoms with Gasteiger partial charge in [0.2, 0.25) is 0 Å². The third-order valence-electron chi connectivity index (χ3n) is 3.93. The second-order valence-corrected chi connectivity index (χ2v) is 6.25. The van der Waals surface area contributed by atoms with E-state index in [0.29, 0.717) is 19.0 Å². The van der Waals surface area contributed by atoms with Crippen molar-refractivity contribution in [1.82, 2.24) is 4.90 Å². The Balaban J connectivity index is 2.08. The maximum Gasteiger partial charge on any atom is 0.303 e. The van der Waals surface area contributed by atoms with Gasteiger partial charge in [-0.3, -0.25) is 9.59 Å². The Morgan fingerprint density at radius 3 is 2.71 bits per heavy atom. The Bertz CT molecular complexity index is 525. The molecule has 1 aliphatic rings. The molecule has 4 heteroatoms. The summed E-state index contributed by atoms with van der Waals surface area (Å²) in [4.78, 5) is 25.3. The lowest BCUT2D eigenvalue weighted by atomic mass is 9.92. The van der Waals surface area contributed by atoms with E-state index in [1.165, 1.54) is 0 Å². The van der Waals surface area contributed by atoms with Crippen molar-refractivity contribution in [1.29, 1.82) is 0 Å². The van der Waals surface area contributed by atoms with Gasteiger partial charge in [0.15, 0.2) is 0 Å². The summed E-state index contributed by atoms with van der Waals surface area (Å²) in [6.07, 6.45) is 1.81. The van der Waals surface area contributed by atoms with Crippen LogP contribution in [-0.2, 0) is 11.2 Å². The number of hydrogen-bond donors (Lipinski definition) is 1. The van der Waals surface area contributed by atoms with E-state index in [1.807, 2.05) is 29.2 Å². The number of fused-ring (bicyclic) bond motifs is 1. The molecule has 1 aromatic rings. The molecule has 1 aliphatic heterocycles. The van der Waals surface area contributed by atoms with Crippen molar-refractivity contribution in [3.8, 4) is 0 Å². The lowest BCUT2D eigenvalue weighted by molar-refractivity contribution is -0.138. The molecule has 1 amide bonds. The highest BCUT2D eigenvalue weighted by molar-refractivity contribution is 5.96. The molecule has 0 radical (unpaired) electrons. The van der Waals surface area contributed by atoms with E-state index in [9.17, 15) is 9.59 Å². The first-order valence-corrected chi connectivity index (χ1v) is 7.56. The highest BCUT2D eigenvalue weighted by Gasteiger charge is 2.27. The van der Waals surface area contributed by atoms with E-state index >= 15 is 0 Å². The van der Waals surface area contributed by atoms with Gasteiger partial charge in [-0.1, -0.05) is 32.0 Å². The molecule has 0 aliphatic carbocycles. The second-order valence-electron chi connectivity index (χ2n) is 6.25. The molecule has 1 heterocycles. The quantitative estimate of drug-likeness (QED) is 0.876. The molecule has 0 bridgehead atoms. The van der Waals surface area contributed by atoms with E-state index in [-0.39, 0.29) is 18.2 Å². The van der Waals surface area contributed by atoms with Crippen LogP contribution in [0.1, 0.15) is 42.6 Å². The summed E-state index contributed by atoms with van der Waals surface area (Å²) < 4.78 is 0. The van der Waals surface area contributed by atoms with Crippen molar-refractivity contribution < 1.29 is 14.7 Å². The topological polar surface area (TPSA) is 57.6 Å². The Morgan fingerprint density at radius 2 is 2.05 bits per heavy atom. The summed E-state index contributed by atoms with van der Waals surface area (Å²) in [7, 11) is 0. The molecule has 21 heavy (non-hydrogen) atoms. The number of hydrogen-bond acceptors (Lipinski definition) is 2. The van der Waals surface area contributed by atoms with Crippen LogP contribution in [0.15, 0.2) is 24.3 Å². The minimum atomic E-state index is -0.787. The van der Waals surface area contributed by atoms with Gasteiger partial charge >= 0.3 is 5.97 Å². The largest absolute Gasteiger partial charge is 0.481 e. The van der Waals surface area contributed by atoms with Gasteiger partial charge in [-0.15, -0.1) is 0 Å². The molecule has 1 unspecified atom stereocenters. The van der Waals surface area contributed by atoms with Gasteiger partial charge < -0.3 is 10.0 Å². The summed E-state index contributed by atoms with van der Waals surface area (Å²) >= 11 is 0. The summed E-state index contributed by atoms with van der Waals surface area (Å²) in [5.41, 5.74) is 1.86. The zero-order valence-corrected chi connectivity index (χ0v) is 12.7. The molecule has 4 nitrogen and oxygen atoms in total. The fraction of sp³-hybridized carbons (Fsp3) is 0.529. The van der Waals surface area contributed by atoms with Gasteiger partial charge in [-0.2, -0.15) is 0 Å². The summed E-state index contributed by atoms with van der Waals surface area (Å²) in [5, 5.41) is 9.05. The minimum Gasteiger partial charge on any atom is -0.481 e. The van der Waals surface area contributed by atoms with Crippen molar-refractivity contribution >= 4 is 11.9 Å². The van der Waals surface area contributed by atoms with Crippen molar-refractivity contribution in [3.63, 3.8) is 0 Å². The van der Waals surface area contributed by atoms with Crippen LogP contribution in [0.25, 0.3) is 0 Å². The van der Waals surface area contributed by atoms with Gasteiger partial charge in [0.25, 0.3) is 5.91 Å². The maximum absolute atomic E-state index is 12.5. The third-order valence-corrected chi connectivity index (χ3v) is 3.93.